The molecule has 0 aliphatic heterocycles. The second kappa shape index (κ2) is 8.21. The third-order valence-electron chi connectivity index (χ3n) is 4.14. The normalized spacial score (nSPS) is 11.3. The molecular weight excluding hydrogens is 387 g/mol. The predicted molar refractivity (Wildman–Crippen MR) is 99.6 cm³/mol. The number of alkyl halides is 3. The van der Waals surface area contributed by atoms with Gasteiger partial charge in [0.25, 0.3) is 0 Å². The number of halogens is 3. The second-order valence-electron chi connectivity index (χ2n) is 6.12. The van der Waals surface area contributed by atoms with Crippen LogP contribution in [0.1, 0.15) is 11.3 Å². The van der Waals surface area contributed by atoms with Gasteiger partial charge in [-0.15, -0.1) is 0 Å². The van der Waals surface area contributed by atoms with E-state index in [1.165, 1.54) is 18.0 Å². The molecule has 0 saturated heterocycles. The number of carbonyl (C=O) groups is 1. The van der Waals surface area contributed by atoms with E-state index in [2.05, 4.69) is 15.4 Å². The molecule has 0 atom stereocenters. The lowest BCUT2D eigenvalue weighted by Crippen LogP contribution is -2.30. The Bertz CT molecular complexity index is 983. The van der Waals surface area contributed by atoms with Crippen molar-refractivity contribution in [2.45, 2.75) is 12.6 Å². The van der Waals surface area contributed by atoms with E-state index in [-0.39, 0.29) is 5.69 Å². The number of rotatable bonds is 6. The Hall–Kier alpha value is -3.56. The fourth-order valence-corrected chi connectivity index (χ4v) is 2.71. The summed E-state index contributed by atoms with van der Waals surface area (Å²) >= 11 is 0. The molecule has 0 unspecified atom stereocenters. The maximum absolute atomic E-state index is 13.2. The largest absolute Gasteiger partial charge is 0.481 e. The first-order valence-corrected chi connectivity index (χ1v) is 8.58. The summed E-state index contributed by atoms with van der Waals surface area (Å²) in [4.78, 5) is 14.8. The van der Waals surface area contributed by atoms with Crippen LogP contribution in [-0.4, -0.2) is 34.5 Å². The number of urea groups is 1. The summed E-state index contributed by atoms with van der Waals surface area (Å²) in [6.45, 7) is 0.363. The van der Waals surface area contributed by atoms with Crippen LogP contribution in [0.5, 0.6) is 5.88 Å². The molecule has 0 bridgehead atoms. The maximum atomic E-state index is 13.2. The average molecular weight is 405 g/mol. The Labute approximate surface area is 164 Å². The summed E-state index contributed by atoms with van der Waals surface area (Å²) in [6, 6.07) is 10.4. The van der Waals surface area contributed by atoms with Crippen LogP contribution in [-0.2, 0) is 12.6 Å². The van der Waals surface area contributed by atoms with Crippen LogP contribution >= 0.6 is 0 Å². The maximum Gasteiger partial charge on any atom is 0.435 e. The quantitative estimate of drug-likeness (QED) is 0.659. The van der Waals surface area contributed by atoms with Crippen LogP contribution in [0.4, 0.5) is 18.0 Å². The molecule has 0 spiro atoms. The average Bonchev–Trinajstić information content (AvgIpc) is 3.14. The summed E-state index contributed by atoms with van der Waals surface area (Å²) in [5, 5.41) is 6.21. The van der Waals surface area contributed by atoms with Crippen molar-refractivity contribution < 1.29 is 22.7 Å². The minimum absolute atomic E-state index is 0.270. The Balaban J connectivity index is 1.94. The van der Waals surface area contributed by atoms with Crippen molar-refractivity contribution >= 4 is 6.03 Å². The number of hydrogen-bond acceptors (Lipinski definition) is 4. The third kappa shape index (κ3) is 4.84. The van der Waals surface area contributed by atoms with Crippen LogP contribution in [0.15, 0.2) is 48.7 Å². The highest BCUT2D eigenvalue weighted by Gasteiger charge is 2.35. The van der Waals surface area contributed by atoms with Gasteiger partial charge in [-0.2, -0.15) is 18.3 Å². The van der Waals surface area contributed by atoms with E-state index in [0.29, 0.717) is 30.1 Å². The van der Waals surface area contributed by atoms with Crippen molar-refractivity contribution in [2.24, 2.45) is 5.73 Å². The van der Waals surface area contributed by atoms with E-state index in [1.54, 1.807) is 36.4 Å². The lowest BCUT2D eigenvalue weighted by atomic mass is 10.1. The van der Waals surface area contributed by atoms with Crippen LogP contribution in [0, 0.1) is 0 Å². The van der Waals surface area contributed by atoms with E-state index >= 15 is 0 Å². The molecule has 29 heavy (non-hydrogen) atoms. The second-order valence-corrected chi connectivity index (χ2v) is 6.12. The molecular formula is C19H18F3N5O2. The number of carbonyl (C=O) groups excluding carboxylic acids is 1. The van der Waals surface area contributed by atoms with Crippen molar-refractivity contribution in [3.8, 4) is 22.8 Å². The van der Waals surface area contributed by atoms with E-state index in [4.69, 9.17) is 10.5 Å². The molecule has 1 aromatic carbocycles. The lowest BCUT2D eigenvalue weighted by molar-refractivity contribution is -0.141. The van der Waals surface area contributed by atoms with Crippen molar-refractivity contribution in [1.29, 1.82) is 0 Å². The van der Waals surface area contributed by atoms with Crippen LogP contribution in [0.25, 0.3) is 16.9 Å². The van der Waals surface area contributed by atoms with Gasteiger partial charge in [-0.3, -0.25) is 0 Å². The van der Waals surface area contributed by atoms with Gasteiger partial charge in [0.15, 0.2) is 5.69 Å². The molecule has 0 aliphatic rings. The monoisotopic (exact) mass is 405 g/mol. The van der Waals surface area contributed by atoms with Gasteiger partial charge in [0.2, 0.25) is 5.88 Å². The van der Waals surface area contributed by atoms with Gasteiger partial charge in [-0.1, -0.05) is 24.3 Å². The predicted octanol–water partition coefficient (Wildman–Crippen LogP) is 3.17. The van der Waals surface area contributed by atoms with Gasteiger partial charge >= 0.3 is 12.2 Å². The Morgan fingerprint density at radius 3 is 2.48 bits per heavy atom. The summed E-state index contributed by atoms with van der Waals surface area (Å²) < 4.78 is 45.9. The number of pyridine rings is 1. The SMILES string of the molecule is COc1ccc(-n2nc(C(F)(F)F)cc2-c2ccc(CCNC(N)=O)cc2)cn1. The number of nitrogens with zero attached hydrogens (tertiary/aromatic N) is 3. The number of methoxy groups -OCH3 is 1. The zero-order chi connectivity index (χ0) is 21.0. The number of nitrogens with two attached hydrogens (primary N) is 1. The number of benzene rings is 1. The molecule has 2 aromatic heterocycles. The van der Waals surface area contributed by atoms with E-state index < -0.39 is 17.9 Å². The molecule has 7 nitrogen and oxygen atoms in total. The first-order chi connectivity index (χ1) is 13.8. The van der Waals surface area contributed by atoms with Crippen molar-refractivity contribution in [3.63, 3.8) is 0 Å². The zero-order valence-corrected chi connectivity index (χ0v) is 15.4. The molecule has 3 rings (SSSR count). The first-order valence-electron chi connectivity index (χ1n) is 8.58. The number of amides is 2. The number of hydrogen-bond donors (Lipinski definition) is 2. The van der Waals surface area contributed by atoms with Crippen molar-refractivity contribution in [2.75, 3.05) is 13.7 Å². The Kier molecular flexibility index (Phi) is 5.71. The van der Waals surface area contributed by atoms with Crippen LogP contribution in [0.2, 0.25) is 0 Å². The summed E-state index contributed by atoms with van der Waals surface area (Å²) in [6.07, 6.45) is -2.65. The van der Waals surface area contributed by atoms with Gasteiger partial charge < -0.3 is 15.8 Å². The summed E-state index contributed by atoms with van der Waals surface area (Å²) in [5.41, 5.74) is 6.10. The Morgan fingerprint density at radius 1 is 1.21 bits per heavy atom. The number of ether oxygens (including phenoxy) is 1. The fraction of sp³-hybridized carbons (Fsp3) is 0.211. The highest BCUT2D eigenvalue weighted by Crippen LogP contribution is 2.33. The molecule has 0 aliphatic carbocycles. The molecule has 10 heteroatoms. The van der Waals surface area contributed by atoms with E-state index in [9.17, 15) is 18.0 Å². The van der Waals surface area contributed by atoms with Gasteiger partial charge in [-0.05, 0) is 24.1 Å². The van der Waals surface area contributed by atoms with E-state index in [1.807, 2.05) is 0 Å². The smallest absolute Gasteiger partial charge is 0.435 e. The summed E-state index contributed by atoms with van der Waals surface area (Å²) in [7, 11) is 1.45. The first kappa shape index (κ1) is 20.2. The topological polar surface area (TPSA) is 95.1 Å². The van der Waals surface area contributed by atoms with Crippen molar-refractivity contribution in [3.05, 3.63) is 59.9 Å². The van der Waals surface area contributed by atoms with Gasteiger partial charge in [0.1, 0.15) is 0 Å². The molecule has 2 amide bonds. The zero-order valence-electron chi connectivity index (χ0n) is 15.4. The molecule has 0 radical (unpaired) electrons. The van der Waals surface area contributed by atoms with Crippen molar-refractivity contribution in [1.82, 2.24) is 20.1 Å². The minimum Gasteiger partial charge on any atom is -0.481 e. The summed E-state index contributed by atoms with van der Waals surface area (Å²) in [5.74, 6) is 0.340. The fourth-order valence-electron chi connectivity index (χ4n) is 2.71. The minimum atomic E-state index is -4.58. The molecule has 2 heterocycles. The van der Waals surface area contributed by atoms with Crippen LogP contribution < -0.4 is 15.8 Å². The van der Waals surface area contributed by atoms with Gasteiger partial charge in [0, 0.05) is 18.2 Å². The van der Waals surface area contributed by atoms with Gasteiger partial charge in [0.05, 0.1) is 24.7 Å². The number of nitrogens with one attached hydrogen (secondary N) is 1. The number of aromatic nitrogens is 3. The molecule has 0 saturated carbocycles. The molecule has 0 fully saturated rings. The molecule has 3 aromatic rings. The Morgan fingerprint density at radius 2 is 1.93 bits per heavy atom. The lowest BCUT2D eigenvalue weighted by Gasteiger charge is -2.09. The highest BCUT2D eigenvalue weighted by molar-refractivity contribution is 5.71. The third-order valence-corrected chi connectivity index (χ3v) is 4.14. The molecule has 152 valence electrons. The van der Waals surface area contributed by atoms with Crippen LogP contribution in [0.3, 0.4) is 0 Å². The molecule has 3 N–H and O–H groups in total. The standard InChI is InChI=1S/C19H18F3N5O2/c1-29-17-7-6-14(11-25-17)27-15(10-16(26-27)19(20,21)22)13-4-2-12(3-5-13)8-9-24-18(23)28/h2-7,10-11H,8-9H2,1H3,(H3,23,24,28). The number of primary amides is 1. The highest BCUT2D eigenvalue weighted by atomic mass is 19.4. The van der Waals surface area contributed by atoms with Gasteiger partial charge in [-0.25, -0.2) is 14.5 Å². The van der Waals surface area contributed by atoms with E-state index in [0.717, 1.165) is 11.6 Å².